The van der Waals surface area contributed by atoms with Gasteiger partial charge in [-0.1, -0.05) is 0 Å². The molecule has 0 bridgehead atoms. The van der Waals surface area contributed by atoms with E-state index in [1.54, 1.807) is 13.8 Å². The lowest BCUT2D eigenvalue weighted by Crippen LogP contribution is -2.39. The quantitative estimate of drug-likeness (QED) is 0.704. The Hall–Kier alpha value is -0.620. The fraction of sp³-hybridized carbons (Fsp3) is 0.909. The van der Waals surface area contributed by atoms with E-state index in [4.69, 9.17) is 5.73 Å². The Morgan fingerprint density at radius 3 is 2.29 bits per heavy atom. The largest absolute Gasteiger partial charge is 0.469 e. The van der Waals surface area contributed by atoms with E-state index < -0.39 is 26.5 Å². The first-order chi connectivity index (χ1) is 7.72. The van der Waals surface area contributed by atoms with Crippen LogP contribution in [0.15, 0.2) is 0 Å². The van der Waals surface area contributed by atoms with Crippen LogP contribution >= 0.6 is 0 Å². The molecule has 17 heavy (non-hydrogen) atoms. The van der Waals surface area contributed by atoms with Crippen molar-refractivity contribution in [3.8, 4) is 0 Å². The van der Waals surface area contributed by atoms with Crippen LogP contribution in [0.4, 0.5) is 0 Å². The Bertz CT molecular complexity index is 384. The second-order valence-electron chi connectivity index (χ2n) is 5.12. The van der Waals surface area contributed by atoms with Gasteiger partial charge in [0.25, 0.3) is 0 Å². The Morgan fingerprint density at radius 1 is 1.41 bits per heavy atom. The highest BCUT2D eigenvalue weighted by Gasteiger charge is 2.49. The molecule has 0 spiro atoms. The molecule has 0 aromatic rings. The molecule has 0 radical (unpaired) electrons. The molecule has 0 aliphatic heterocycles. The smallest absolute Gasteiger partial charge is 0.306 e. The summed E-state index contributed by atoms with van der Waals surface area (Å²) < 4.78 is 28.7. The van der Waals surface area contributed by atoms with Gasteiger partial charge in [0.05, 0.1) is 24.5 Å². The molecule has 1 fully saturated rings. The molecule has 0 amide bonds. The van der Waals surface area contributed by atoms with E-state index in [-0.39, 0.29) is 18.1 Å². The fourth-order valence-corrected chi connectivity index (χ4v) is 3.97. The molecule has 0 heterocycles. The minimum atomic E-state index is -3.24. The van der Waals surface area contributed by atoms with Gasteiger partial charge >= 0.3 is 5.97 Å². The summed E-state index contributed by atoms with van der Waals surface area (Å²) in [4.78, 5) is 11.2. The van der Waals surface area contributed by atoms with Crippen molar-refractivity contribution in [1.82, 2.24) is 0 Å². The average Bonchev–Trinajstić information content (AvgIpc) is 2.95. The van der Waals surface area contributed by atoms with Crippen LogP contribution in [0.25, 0.3) is 0 Å². The third-order valence-electron chi connectivity index (χ3n) is 3.52. The fourth-order valence-electron chi connectivity index (χ4n) is 1.81. The molecule has 1 rings (SSSR count). The molecule has 2 unspecified atom stereocenters. The van der Waals surface area contributed by atoms with Crippen LogP contribution in [0.5, 0.6) is 0 Å². The standard InChI is InChI=1S/C11H21NO4S/c1-8(12)9(2)17(14,15)7-11(4-5-11)6-10(13)16-3/h8-9H,4-7,12H2,1-3H3. The number of hydrogen-bond acceptors (Lipinski definition) is 5. The molecular formula is C11H21NO4S. The van der Waals surface area contributed by atoms with Crippen molar-refractivity contribution >= 4 is 15.8 Å². The van der Waals surface area contributed by atoms with Crippen molar-refractivity contribution in [2.45, 2.75) is 44.4 Å². The molecule has 1 saturated carbocycles. The highest BCUT2D eigenvalue weighted by atomic mass is 32.2. The van der Waals surface area contributed by atoms with Gasteiger partial charge < -0.3 is 10.5 Å². The van der Waals surface area contributed by atoms with Gasteiger partial charge in [0.1, 0.15) is 0 Å². The third-order valence-corrected chi connectivity index (χ3v) is 6.10. The molecule has 0 aromatic heterocycles. The lowest BCUT2D eigenvalue weighted by Gasteiger charge is -2.20. The lowest BCUT2D eigenvalue weighted by atomic mass is 10.1. The van der Waals surface area contributed by atoms with Crippen LogP contribution in [-0.2, 0) is 19.4 Å². The number of sulfone groups is 1. The summed E-state index contributed by atoms with van der Waals surface area (Å²) in [5.41, 5.74) is 5.22. The first-order valence-electron chi connectivity index (χ1n) is 5.76. The van der Waals surface area contributed by atoms with Gasteiger partial charge in [0.2, 0.25) is 0 Å². The van der Waals surface area contributed by atoms with E-state index in [1.165, 1.54) is 7.11 Å². The first-order valence-corrected chi connectivity index (χ1v) is 7.48. The Morgan fingerprint density at radius 2 is 1.94 bits per heavy atom. The van der Waals surface area contributed by atoms with Crippen molar-refractivity contribution in [3.05, 3.63) is 0 Å². The zero-order valence-corrected chi connectivity index (χ0v) is 11.4. The van der Waals surface area contributed by atoms with Gasteiger partial charge in [-0.15, -0.1) is 0 Å². The van der Waals surface area contributed by atoms with Crippen molar-refractivity contribution in [2.24, 2.45) is 11.1 Å². The Kier molecular flexibility index (Phi) is 4.19. The number of methoxy groups -OCH3 is 1. The summed E-state index contributed by atoms with van der Waals surface area (Å²) in [5, 5.41) is -0.572. The van der Waals surface area contributed by atoms with Crippen molar-refractivity contribution in [3.63, 3.8) is 0 Å². The minimum absolute atomic E-state index is 0.0395. The van der Waals surface area contributed by atoms with E-state index in [1.807, 2.05) is 0 Å². The number of esters is 1. The number of hydrogen-bond donors (Lipinski definition) is 1. The lowest BCUT2D eigenvalue weighted by molar-refractivity contribution is -0.141. The predicted octanol–water partition coefficient (Wildman–Crippen LogP) is 0.480. The molecule has 0 aromatic carbocycles. The van der Waals surface area contributed by atoms with Crippen LogP contribution in [-0.4, -0.2) is 38.5 Å². The number of carbonyl (C=O) groups is 1. The molecule has 1 aliphatic rings. The van der Waals surface area contributed by atoms with E-state index in [0.717, 1.165) is 12.8 Å². The maximum absolute atomic E-state index is 12.1. The molecule has 1 aliphatic carbocycles. The second-order valence-corrected chi connectivity index (χ2v) is 7.48. The van der Waals surface area contributed by atoms with E-state index in [9.17, 15) is 13.2 Å². The topological polar surface area (TPSA) is 86.5 Å². The highest BCUT2D eigenvalue weighted by Crippen LogP contribution is 2.50. The van der Waals surface area contributed by atoms with Gasteiger partial charge in [-0.2, -0.15) is 0 Å². The van der Waals surface area contributed by atoms with Crippen LogP contribution in [0.1, 0.15) is 33.1 Å². The zero-order chi connectivity index (χ0) is 13.3. The SMILES string of the molecule is COC(=O)CC1(CS(=O)(=O)C(C)C(C)N)CC1. The summed E-state index contributed by atoms with van der Waals surface area (Å²) in [6.07, 6.45) is 1.73. The monoisotopic (exact) mass is 263 g/mol. The summed E-state index contributed by atoms with van der Waals surface area (Å²) >= 11 is 0. The van der Waals surface area contributed by atoms with Gasteiger partial charge in [-0.05, 0) is 32.1 Å². The maximum atomic E-state index is 12.1. The third kappa shape index (κ3) is 3.67. The van der Waals surface area contributed by atoms with Gasteiger partial charge in [0.15, 0.2) is 9.84 Å². The molecule has 0 saturated heterocycles. The summed E-state index contributed by atoms with van der Waals surface area (Å²) in [5.74, 6) is -0.302. The van der Waals surface area contributed by atoms with E-state index in [0.29, 0.717) is 0 Å². The van der Waals surface area contributed by atoms with Gasteiger partial charge in [-0.3, -0.25) is 4.79 Å². The normalized spacial score (nSPS) is 21.6. The van der Waals surface area contributed by atoms with Crippen molar-refractivity contribution in [2.75, 3.05) is 12.9 Å². The van der Waals surface area contributed by atoms with Crippen LogP contribution < -0.4 is 5.73 Å². The summed E-state index contributed by atoms with van der Waals surface area (Å²) in [7, 11) is -1.92. The number of rotatable bonds is 6. The highest BCUT2D eigenvalue weighted by molar-refractivity contribution is 7.92. The Labute approximate surface area is 103 Å². The molecule has 6 heteroatoms. The maximum Gasteiger partial charge on any atom is 0.306 e. The first kappa shape index (κ1) is 14.4. The molecule has 2 atom stereocenters. The zero-order valence-electron chi connectivity index (χ0n) is 10.6. The van der Waals surface area contributed by atoms with E-state index >= 15 is 0 Å². The predicted molar refractivity (Wildman–Crippen MR) is 65.2 cm³/mol. The summed E-state index contributed by atoms with van der Waals surface area (Å²) in [6, 6.07) is -0.395. The average molecular weight is 263 g/mol. The van der Waals surface area contributed by atoms with E-state index in [2.05, 4.69) is 4.74 Å². The summed E-state index contributed by atoms with van der Waals surface area (Å²) in [6.45, 7) is 3.30. The van der Waals surface area contributed by atoms with Crippen LogP contribution in [0, 0.1) is 5.41 Å². The van der Waals surface area contributed by atoms with Crippen molar-refractivity contribution in [1.29, 1.82) is 0 Å². The molecule has 2 N–H and O–H groups in total. The molecule has 100 valence electrons. The van der Waals surface area contributed by atoms with Crippen LogP contribution in [0.2, 0.25) is 0 Å². The van der Waals surface area contributed by atoms with Crippen molar-refractivity contribution < 1.29 is 17.9 Å². The Balaban J connectivity index is 2.68. The number of nitrogens with two attached hydrogens (primary N) is 1. The number of carbonyl (C=O) groups excluding carboxylic acids is 1. The van der Waals surface area contributed by atoms with Gasteiger partial charge in [0, 0.05) is 6.04 Å². The minimum Gasteiger partial charge on any atom is -0.469 e. The van der Waals surface area contributed by atoms with Gasteiger partial charge in [-0.25, -0.2) is 8.42 Å². The number of ether oxygens (including phenoxy) is 1. The second kappa shape index (κ2) is 4.94. The molecule has 5 nitrogen and oxygen atoms in total. The van der Waals surface area contributed by atoms with Crippen LogP contribution in [0.3, 0.4) is 0 Å². The molecular weight excluding hydrogens is 242 g/mol.